The first kappa shape index (κ1) is 15.8. The summed E-state index contributed by atoms with van der Waals surface area (Å²) in [4.78, 5) is 22.7. The van der Waals surface area contributed by atoms with E-state index in [1.165, 1.54) is 0 Å². The third-order valence-electron chi connectivity index (χ3n) is 3.36. The molecule has 2 amide bonds. The van der Waals surface area contributed by atoms with Gasteiger partial charge in [0.15, 0.2) is 0 Å². The van der Waals surface area contributed by atoms with Gasteiger partial charge in [-0.2, -0.15) is 0 Å². The van der Waals surface area contributed by atoms with Crippen LogP contribution in [0.5, 0.6) is 0 Å². The molecule has 3 N–H and O–H groups in total. The molecule has 0 bridgehead atoms. The Hall–Kier alpha value is -1.30. The van der Waals surface area contributed by atoms with E-state index in [-0.39, 0.29) is 11.3 Å². The van der Waals surface area contributed by atoms with Gasteiger partial charge in [-0.25, -0.2) is 9.59 Å². The Labute approximate surface area is 113 Å². The molecule has 0 aromatic heterocycles. The predicted molar refractivity (Wildman–Crippen MR) is 71.0 cm³/mol. The number of methoxy groups -OCH3 is 1. The quantitative estimate of drug-likeness (QED) is 0.620. The topological polar surface area (TPSA) is 87.7 Å². The smallest absolute Gasteiger partial charge is 0.326 e. The van der Waals surface area contributed by atoms with Crippen molar-refractivity contribution in [2.45, 2.75) is 39.2 Å². The molecule has 1 aliphatic rings. The number of amides is 2. The van der Waals surface area contributed by atoms with Crippen LogP contribution in [0.1, 0.15) is 33.1 Å². The van der Waals surface area contributed by atoms with Gasteiger partial charge in [-0.1, -0.05) is 13.8 Å². The Balaban J connectivity index is 2.32. The van der Waals surface area contributed by atoms with Crippen molar-refractivity contribution in [1.82, 2.24) is 10.6 Å². The van der Waals surface area contributed by atoms with Crippen LogP contribution in [0.15, 0.2) is 0 Å². The van der Waals surface area contributed by atoms with Gasteiger partial charge in [-0.15, -0.1) is 0 Å². The standard InChI is InChI=1S/C13H24N2O4/c1-13(2,6-7-19-3)8-14-12(18)15-10(11(16)17)9-4-5-9/h9-10H,4-8H2,1-3H3,(H,16,17)(H2,14,15,18). The molecule has 0 saturated heterocycles. The molecule has 0 aliphatic heterocycles. The van der Waals surface area contributed by atoms with Crippen LogP contribution in [0.3, 0.4) is 0 Å². The SMILES string of the molecule is COCCC(C)(C)CNC(=O)NC(C(=O)O)C1CC1. The fourth-order valence-corrected chi connectivity index (χ4v) is 1.79. The molecule has 19 heavy (non-hydrogen) atoms. The lowest BCUT2D eigenvalue weighted by molar-refractivity contribution is -0.139. The highest BCUT2D eigenvalue weighted by Gasteiger charge is 2.37. The Morgan fingerprint density at radius 2 is 2.05 bits per heavy atom. The van der Waals surface area contributed by atoms with Gasteiger partial charge in [0.2, 0.25) is 0 Å². The zero-order valence-corrected chi connectivity index (χ0v) is 11.9. The van der Waals surface area contributed by atoms with E-state index in [0.29, 0.717) is 13.2 Å². The number of hydrogen-bond donors (Lipinski definition) is 3. The minimum Gasteiger partial charge on any atom is -0.480 e. The van der Waals surface area contributed by atoms with E-state index in [2.05, 4.69) is 10.6 Å². The van der Waals surface area contributed by atoms with E-state index in [1.54, 1.807) is 7.11 Å². The van der Waals surface area contributed by atoms with Crippen LogP contribution >= 0.6 is 0 Å². The average molecular weight is 272 g/mol. The molecule has 0 aromatic rings. The van der Waals surface area contributed by atoms with Crippen LogP contribution in [-0.2, 0) is 9.53 Å². The van der Waals surface area contributed by atoms with Gasteiger partial charge in [-0.05, 0) is 30.6 Å². The van der Waals surface area contributed by atoms with E-state index >= 15 is 0 Å². The van der Waals surface area contributed by atoms with Crippen LogP contribution in [0, 0.1) is 11.3 Å². The summed E-state index contributed by atoms with van der Waals surface area (Å²) in [6.45, 7) is 5.18. The highest BCUT2D eigenvalue weighted by molar-refractivity contribution is 5.83. The predicted octanol–water partition coefficient (Wildman–Crippen LogP) is 1.21. The Morgan fingerprint density at radius 3 is 2.53 bits per heavy atom. The molecule has 1 unspecified atom stereocenters. The van der Waals surface area contributed by atoms with Crippen LogP contribution in [0.4, 0.5) is 4.79 Å². The molecule has 0 radical (unpaired) electrons. The van der Waals surface area contributed by atoms with Crippen molar-refractivity contribution in [3.05, 3.63) is 0 Å². The zero-order valence-electron chi connectivity index (χ0n) is 11.9. The normalized spacial score (nSPS) is 16.8. The number of rotatable bonds is 8. The molecule has 1 fully saturated rings. The highest BCUT2D eigenvalue weighted by atomic mass is 16.5. The summed E-state index contributed by atoms with van der Waals surface area (Å²) in [7, 11) is 1.64. The molecular formula is C13H24N2O4. The lowest BCUT2D eigenvalue weighted by Gasteiger charge is -2.25. The van der Waals surface area contributed by atoms with Crippen molar-refractivity contribution >= 4 is 12.0 Å². The van der Waals surface area contributed by atoms with Gasteiger partial charge in [0, 0.05) is 20.3 Å². The van der Waals surface area contributed by atoms with E-state index in [0.717, 1.165) is 19.3 Å². The summed E-state index contributed by atoms with van der Waals surface area (Å²) in [5.41, 5.74) is -0.0777. The van der Waals surface area contributed by atoms with Gasteiger partial charge in [0.25, 0.3) is 0 Å². The van der Waals surface area contributed by atoms with Crippen LogP contribution in [0.2, 0.25) is 0 Å². The lowest BCUT2D eigenvalue weighted by Crippen LogP contribution is -2.49. The van der Waals surface area contributed by atoms with Crippen LogP contribution in [0.25, 0.3) is 0 Å². The Bertz CT molecular complexity index is 327. The summed E-state index contributed by atoms with van der Waals surface area (Å²) >= 11 is 0. The largest absolute Gasteiger partial charge is 0.480 e. The fourth-order valence-electron chi connectivity index (χ4n) is 1.79. The van der Waals surface area contributed by atoms with Crippen molar-refractivity contribution in [3.8, 4) is 0 Å². The van der Waals surface area contributed by atoms with Crippen molar-refractivity contribution < 1.29 is 19.4 Å². The number of aliphatic carboxylic acids is 1. The number of nitrogens with one attached hydrogen (secondary N) is 2. The van der Waals surface area contributed by atoms with Crippen molar-refractivity contribution in [2.24, 2.45) is 11.3 Å². The molecule has 1 atom stereocenters. The summed E-state index contributed by atoms with van der Waals surface area (Å²) in [6, 6.07) is -1.17. The minimum atomic E-state index is -0.962. The van der Waals surface area contributed by atoms with Crippen molar-refractivity contribution in [3.63, 3.8) is 0 Å². The van der Waals surface area contributed by atoms with Gasteiger partial charge in [-0.3, -0.25) is 0 Å². The molecule has 0 spiro atoms. The van der Waals surface area contributed by atoms with Gasteiger partial charge < -0.3 is 20.5 Å². The average Bonchev–Trinajstić information content (AvgIpc) is 3.15. The first-order valence-electron chi connectivity index (χ1n) is 6.62. The third-order valence-corrected chi connectivity index (χ3v) is 3.36. The van der Waals surface area contributed by atoms with Crippen LogP contribution < -0.4 is 10.6 Å². The number of urea groups is 1. The Kier molecular flexibility index (Phi) is 5.60. The van der Waals surface area contributed by atoms with E-state index in [4.69, 9.17) is 9.84 Å². The number of carbonyl (C=O) groups is 2. The Morgan fingerprint density at radius 1 is 1.42 bits per heavy atom. The summed E-state index contributed by atoms with van der Waals surface area (Å²) in [6.07, 6.45) is 2.57. The number of hydrogen-bond acceptors (Lipinski definition) is 3. The second-order valence-corrected chi connectivity index (χ2v) is 5.89. The fraction of sp³-hybridized carbons (Fsp3) is 0.846. The maximum absolute atomic E-state index is 11.7. The third kappa shape index (κ3) is 5.92. The maximum atomic E-state index is 11.7. The molecule has 0 aromatic carbocycles. The number of ether oxygens (including phenoxy) is 1. The highest BCUT2D eigenvalue weighted by Crippen LogP contribution is 2.32. The molecular weight excluding hydrogens is 248 g/mol. The first-order valence-corrected chi connectivity index (χ1v) is 6.62. The summed E-state index contributed by atoms with van der Waals surface area (Å²) in [5, 5.41) is 14.3. The zero-order chi connectivity index (χ0) is 14.5. The molecule has 1 saturated carbocycles. The van der Waals surface area contributed by atoms with Gasteiger partial charge in [0.1, 0.15) is 6.04 Å². The van der Waals surface area contributed by atoms with E-state index in [9.17, 15) is 9.59 Å². The monoisotopic (exact) mass is 272 g/mol. The number of carbonyl (C=O) groups excluding carboxylic acids is 1. The molecule has 0 heterocycles. The van der Waals surface area contributed by atoms with Crippen molar-refractivity contribution in [1.29, 1.82) is 0 Å². The van der Waals surface area contributed by atoms with E-state index < -0.39 is 18.0 Å². The minimum absolute atomic E-state index is 0.0777. The van der Waals surface area contributed by atoms with Gasteiger partial charge in [0.05, 0.1) is 0 Å². The lowest BCUT2D eigenvalue weighted by atomic mass is 9.90. The first-order chi connectivity index (χ1) is 8.85. The van der Waals surface area contributed by atoms with Crippen LogP contribution in [-0.4, -0.2) is 43.4 Å². The summed E-state index contributed by atoms with van der Waals surface area (Å²) in [5.74, 6) is -0.874. The number of carboxylic acids is 1. The molecule has 1 rings (SSSR count). The van der Waals surface area contributed by atoms with E-state index in [1.807, 2.05) is 13.8 Å². The molecule has 6 nitrogen and oxygen atoms in total. The second-order valence-electron chi connectivity index (χ2n) is 5.89. The number of carboxylic acid groups (broad SMARTS) is 1. The molecule has 6 heteroatoms. The van der Waals surface area contributed by atoms with Gasteiger partial charge >= 0.3 is 12.0 Å². The summed E-state index contributed by atoms with van der Waals surface area (Å²) < 4.78 is 5.01. The molecule has 110 valence electrons. The second kappa shape index (κ2) is 6.75. The molecule has 1 aliphatic carbocycles. The maximum Gasteiger partial charge on any atom is 0.326 e. The van der Waals surface area contributed by atoms with Crippen molar-refractivity contribution in [2.75, 3.05) is 20.3 Å².